The third kappa shape index (κ3) is 4.64. The Hall–Kier alpha value is -3.72. The van der Waals surface area contributed by atoms with Crippen LogP contribution in [-0.4, -0.2) is 33.7 Å². The molecule has 1 amide bonds. The average molecular weight is 428 g/mol. The third-order valence-electron chi connectivity index (χ3n) is 4.20. The van der Waals surface area contributed by atoms with Gasteiger partial charge in [-0.1, -0.05) is 12.1 Å². The minimum absolute atomic E-state index is 0.0640. The number of methoxy groups -OCH3 is 2. The molecule has 0 unspecified atom stereocenters. The predicted octanol–water partition coefficient (Wildman–Crippen LogP) is 3.46. The fourth-order valence-corrected chi connectivity index (χ4v) is 3.95. The van der Waals surface area contributed by atoms with Gasteiger partial charge < -0.3 is 19.9 Å². The molecule has 30 heavy (non-hydrogen) atoms. The van der Waals surface area contributed by atoms with Crippen LogP contribution in [0.1, 0.15) is 10.4 Å². The highest BCUT2D eigenvalue weighted by Gasteiger charge is 2.21. The summed E-state index contributed by atoms with van der Waals surface area (Å²) >= 11 is 0. The van der Waals surface area contributed by atoms with E-state index in [4.69, 9.17) is 9.47 Å². The molecule has 0 aliphatic carbocycles. The fraction of sp³-hybridized carbons (Fsp3) is 0.0952. The van der Waals surface area contributed by atoms with Gasteiger partial charge in [-0.15, -0.1) is 0 Å². The molecule has 0 fully saturated rings. The number of nitrogens with one attached hydrogen (secondary N) is 2. The number of para-hydroxylation sites is 1. The molecule has 3 aromatic carbocycles. The highest BCUT2D eigenvalue weighted by atomic mass is 32.2. The van der Waals surface area contributed by atoms with E-state index in [2.05, 4.69) is 10.0 Å². The number of benzene rings is 3. The fourth-order valence-electron chi connectivity index (χ4n) is 2.70. The zero-order chi connectivity index (χ0) is 21.7. The number of hydrogen-bond donors (Lipinski definition) is 3. The molecule has 0 radical (unpaired) electrons. The number of aromatic hydroxyl groups is 1. The van der Waals surface area contributed by atoms with Crippen LogP contribution in [0, 0.1) is 0 Å². The summed E-state index contributed by atoms with van der Waals surface area (Å²) < 4.78 is 38.6. The van der Waals surface area contributed by atoms with E-state index in [1.54, 1.807) is 36.4 Å². The monoisotopic (exact) mass is 428 g/mol. The standard InChI is InChI=1S/C21H20N2O6S/c1-28-16-10-7-14(8-11-16)23-30(26,27)20-13-15(9-12-19(20)29-2)22-21(25)17-5-3-4-6-18(17)24/h3-13,23-24H,1-2H3,(H,22,25). The van der Waals surface area contributed by atoms with Crippen LogP contribution in [0.15, 0.2) is 71.6 Å². The number of amides is 1. The van der Waals surface area contributed by atoms with E-state index >= 15 is 0 Å². The van der Waals surface area contributed by atoms with Crippen LogP contribution in [0.3, 0.4) is 0 Å². The zero-order valence-electron chi connectivity index (χ0n) is 16.2. The van der Waals surface area contributed by atoms with Crippen molar-refractivity contribution in [2.45, 2.75) is 4.90 Å². The molecule has 0 bridgehead atoms. The lowest BCUT2D eigenvalue weighted by molar-refractivity contribution is 0.102. The summed E-state index contributed by atoms with van der Waals surface area (Å²) in [5, 5.41) is 12.4. The Bertz CT molecular complexity index is 1160. The Morgan fingerprint density at radius 1 is 0.900 bits per heavy atom. The molecule has 8 nitrogen and oxygen atoms in total. The predicted molar refractivity (Wildman–Crippen MR) is 113 cm³/mol. The summed E-state index contributed by atoms with van der Waals surface area (Å²) in [7, 11) is -1.16. The van der Waals surface area contributed by atoms with Crippen LogP contribution in [0.2, 0.25) is 0 Å². The first kappa shape index (κ1) is 21.0. The van der Waals surface area contributed by atoms with Gasteiger partial charge in [0.05, 0.1) is 19.8 Å². The van der Waals surface area contributed by atoms with Crippen molar-refractivity contribution in [1.29, 1.82) is 0 Å². The summed E-state index contributed by atoms with van der Waals surface area (Å²) in [6.45, 7) is 0. The van der Waals surface area contributed by atoms with E-state index in [0.29, 0.717) is 11.4 Å². The van der Waals surface area contributed by atoms with Crippen molar-refractivity contribution in [1.82, 2.24) is 0 Å². The van der Waals surface area contributed by atoms with Crippen LogP contribution in [0.4, 0.5) is 11.4 Å². The number of carbonyl (C=O) groups excluding carboxylic acids is 1. The number of phenolic OH excluding ortho intramolecular Hbond substituents is 1. The molecule has 0 aliphatic rings. The van der Waals surface area contributed by atoms with Gasteiger partial charge >= 0.3 is 0 Å². The number of ether oxygens (including phenoxy) is 2. The molecule has 0 aliphatic heterocycles. The molecule has 9 heteroatoms. The van der Waals surface area contributed by atoms with Gasteiger partial charge in [-0.25, -0.2) is 8.42 Å². The van der Waals surface area contributed by atoms with Crippen molar-refractivity contribution in [3.63, 3.8) is 0 Å². The Morgan fingerprint density at radius 3 is 2.20 bits per heavy atom. The van der Waals surface area contributed by atoms with E-state index in [1.165, 1.54) is 44.6 Å². The van der Waals surface area contributed by atoms with Gasteiger partial charge in [-0.05, 0) is 54.6 Å². The molecular weight excluding hydrogens is 408 g/mol. The van der Waals surface area contributed by atoms with Crippen LogP contribution in [0.5, 0.6) is 17.2 Å². The molecule has 0 saturated heterocycles. The van der Waals surface area contributed by atoms with Gasteiger partial charge in [0, 0.05) is 11.4 Å². The van der Waals surface area contributed by atoms with E-state index in [1.807, 2.05) is 0 Å². The van der Waals surface area contributed by atoms with Crippen LogP contribution < -0.4 is 19.5 Å². The molecule has 3 rings (SSSR count). The lowest BCUT2D eigenvalue weighted by atomic mass is 10.2. The number of rotatable bonds is 7. The number of anilines is 2. The van der Waals surface area contributed by atoms with Gasteiger partial charge in [0.15, 0.2) is 0 Å². The molecule has 0 saturated carbocycles. The Balaban J connectivity index is 1.89. The Morgan fingerprint density at radius 2 is 1.57 bits per heavy atom. The van der Waals surface area contributed by atoms with Crippen molar-refractivity contribution < 1.29 is 27.8 Å². The van der Waals surface area contributed by atoms with Crippen molar-refractivity contribution in [2.75, 3.05) is 24.3 Å². The van der Waals surface area contributed by atoms with E-state index in [0.717, 1.165) is 0 Å². The molecule has 0 heterocycles. The van der Waals surface area contributed by atoms with Crippen LogP contribution >= 0.6 is 0 Å². The lowest BCUT2D eigenvalue weighted by Gasteiger charge is -2.14. The first-order valence-electron chi connectivity index (χ1n) is 8.78. The van der Waals surface area contributed by atoms with Crippen molar-refractivity contribution >= 4 is 27.3 Å². The highest BCUT2D eigenvalue weighted by molar-refractivity contribution is 7.92. The minimum atomic E-state index is -4.02. The van der Waals surface area contributed by atoms with Crippen molar-refractivity contribution in [2.24, 2.45) is 0 Å². The van der Waals surface area contributed by atoms with E-state index in [-0.39, 0.29) is 27.6 Å². The van der Waals surface area contributed by atoms with Gasteiger partial charge in [-0.2, -0.15) is 0 Å². The third-order valence-corrected chi connectivity index (χ3v) is 5.60. The molecule has 3 N–H and O–H groups in total. The second-order valence-electron chi connectivity index (χ2n) is 6.17. The topological polar surface area (TPSA) is 114 Å². The van der Waals surface area contributed by atoms with Crippen molar-refractivity contribution in [3.8, 4) is 17.2 Å². The van der Waals surface area contributed by atoms with Gasteiger partial charge in [0.1, 0.15) is 22.1 Å². The minimum Gasteiger partial charge on any atom is -0.507 e. The van der Waals surface area contributed by atoms with Gasteiger partial charge in [0.2, 0.25) is 0 Å². The van der Waals surface area contributed by atoms with Crippen LogP contribution in [-0.2, 0) is 10.0 Å². The average Bonchev–Trinajstić information content (AvgIpc) is 2.74. The quantitative estimate of drug-likeness (QED) is 0.531. The molecule has 0 atom stereocenters. The normalized spacial score (nSPS) is 10.9. The lowest BCUT2D eigenvalue weighted by Crippen LogP contribution is -2.16. The Labute approximate surface area is 174 Å². The van der Waals surface area contributed by atoms with Gasteiger partial charge in [-0.3, -0.25) is 9.52 Å². The van der Waals surface area contributed by atoms with Crippen LogP contribution in [0.25, 0.3) is 0 Å². The molecule has 0 spiro atoms. The van der Waals surface area contributed by atoms with Crippen molar-refractivity contribution in [3.05, 3.63) is 72.3 Å². The first-order chi connectivity index (χ1) is 14.3. The molecular formula is C21H20N2O6S. The summed E-state index contributed by atoms with van der Waals surface area (Å²) in [5.41, 5.74) is 0.620. The first-order valence-corrected chi connectivity index (χ1v) is 10.3. The second-order valence-corrected chi connectivity index (χ2v) is 7.82. The summed E-state index contributed by atoms with van der Waals surface area (Å²) in [6, 6.07) is 16.6. The maximum Gasteiger partial charge on any atom is 0.265 e. The zero-order valence-corrected chi connectivity index (χ0v) is 17.1. The van der Waals surface area contributed by atoms with Gasteiger partial charge in [0.25, 0.3) is 15.9 Å². The summed E-state index contributed by atoms with van der Waals surface area (Å²) in [4.78, 5) is 12.3. The summed E-state index contributed by atoms with van der Waals surface area (Å²) in [6.07, 6.45) is 0. The Kier molecular flexibility index (Phi) is 6.12. The molecule has 156 valence electrons. The molecule has 0 aromatic heterocycles. The maximum absolute atomic E-state index is 12.9. The number of sulfonamides is 1. The number of carbonyl (C=O) groups is 1. The SMILES string of the molecule is COc1ccc(NS(=O)(=O)c2cc(NC(=O)c3ccccc3O)ccc2OC)cc1. The molecule has 3 aromatic rings. The van der Waals surface area contributed by atoms with E-state index in [9.17, 15) is 18.3 Å². The maximum atomic E-state index is 12.9. The largest absolute Gasteiger partial charge is 0.507 e. The summed E-state index contributed by atoms with van der Waals surface area (Å²) in [5.74, 6) is -0.0665. The highest BCUT2D eigenvalue weighted by Crippen LogP contribution is 2.30. The smallest absolute Gasteiger partial charge is 0.265 e. The number of phenols is 1. The second kappa shape index (κ2) is 8.75. The van der Waals surface area contributed by atoms with E-state index < -0.39 is 15.9 Å². The number of hydrogen-bond acceptors (Lipinski definition) is 6.